The van der Waals surface area contributed by atoms with Gasteiger partial charge in [-0.3, -0.25) is 14.6 Å². The lowest BCUT2D eigenvalue weighted by Gasteiger charge is -2.30. The van der Waals surface area contributed by atoms with Crippen molar-refractivity contribution in [3.63, 3.8) is 0 Å². The largest absolute Gasteiger partial charge is 0.469 e. The molecule has 30 heavy (non-hydrogen) atoms. The predicted octanol–water partition coefficient (Wildman–Crippen LogP) is 1.87. The molecule has 0 spiro atoms. The second kappa shape index (κ2) is 8.49. The number of rotatable bonds is 8. The highest BCUT2D eigenvalue weighted by Crippen LogP contribution is 2.27. The van der Waals surface area contributed by atoms with Gasteiger partial charge in [-0.15, -0.1) is 0 Å². The molecular formula is C20H22FN3O5S. The smallest absolute Gasteiger partial charge is 0.308 e. The molecule has 0 saturated heterocycles. The maximum Gasteiger partial charge on any atom is 0.308 e. The van der Waals surface area contributed by atoms with E-state index in [0.717, 1.165) is 12.1 Å². The van der Waals surface area contributed by atoms with Gasteiger partial charge in [0.15, 0.2) is 0 Å². The average molecular weight is 435 g/mol. The summed E-state index contributed by atoms with van der Waals surface area (Å²) in [6.07, 6.45) is 4.25. The van der Waals surface area contributed by atoms with E-state index in [0.29, 0.717) is 18.4 Å². The van der Waals surface area contributed by atoms with Gasteiger partial charge >= 0.3 is 5.97 Å². The number of pyridine rings is 1. The minimum Gasteiger partial charge on any atom is -0.469 e. The van der Waals surface area contributed by atoms with E-state index in [9.17, 15) is 22.4 Å². The summed E-state index contributed by atoms with van der Waals surface area (Å²) in [5.74, 6) is -2.17. The second-order valence-electron chi connectivity index (χ2n) is 7.32. The van der Waals surface area contributed by atoms with Gasteiger partial charge in [-0.25, -0.2) is 17.5 Å². The van der Waals surface area contributed by atoms with Crippen molar-refractivity contribution in [2.75, 3.05) is 7.11 Å². The molecule has 8 nitrogen and oxygen atoms in total. The van der Waals surface area contributed by atoms with Gasteiger partial charge < -0.3 is 10.1 Å². The Morgan fingerprint density at radius 3 is 2.50 bits per heavy atom. The number of aromatic nitrogens is 1. The van der Waals surface area contributed by atoms with Crippen LogP contribution in [0.1, 0.15) is 42.1 Å². The summed E-state index contributed by atoms with van der Waals surface area (Å²) in [6, 6.07) is 6.18. The van der Waals surface area contributed by atoms with Crippen molar-refractivity contribution in [2.24, 2.45) is 0 Å². The van der Waals surface area contributed by atoms with E-state index in [1.165, 1.54) is 25.6 Å². The van der Waals surface area contributed by atoms with Crippen molar-refractivity contribution in [2.45, 2.75) is 42.7 Å². The van der Waals surface area contributed by atoms with Crippen molar-refractivity contribution in [3.8, 4) is 0 Å². The highest BCUT2D eigenvalue weighted by Gasteiger charge is 2.34. The first-order chi connectivity index (χ1) is 14.1. The number of amides is 1. The highest BCUT2D eigenvalue weighted by atomic mass is 32.2. The molecule has 1 amide bonds. The molecule has 0 radical (unpaired) electrons. The molecule has 0 unspecified atom stereocenters. The van der Waals surface area contributed by atoms with Crippen LogP contribution in [0.5, 0.6) is 0 Å². The summed E-state index contributed by atoms with van der Waals surface area (Å²) in [6.45, 7) is 1.63. The zero-order chi connectivity index (χ0) is 21.9. The van der Waals surface area contributed by atoms with E-state index < -0.39 is 38.2 Å². The lowest BCUT2D eigenvalue weighted by molar-refractivity contribution is -0.142. The Labute approximate surface area is 173 Å². The van der Waals surface area contributed by atoms with Gasteiger partial charge in [0.2, 0.25) is 10.0 Å². The number of carbonyl (C=O) groups excluding carboxylic acids is 2. The van der Waals surface area contributed by atoms with Crippen LogP contribution in [-0.2, 0) is 25.1 Å². The van der Waals surface area contributed by atoms with Crippen LogP contribution in [0.15, 0.2) is 47.6 Å². The lowest BCUT2D eigenvalue weighted by Crippen LogP contribution is -2.45. The number of methoxy groups -OCH3 is 1. The van der Waals surface area contributed by atoms with E-state index >= 15 is 0 Å². The highest BCUT2D eigenvalue weighted by molar-refractivity contribution is 7.89. The molecule has 1 atom stereocenters. The summed E-state index contributed by atoms with van der Waals surface area (Å²) in [4.78, 5) is 28.2. The Bertz CT molecular complexity index is 1060. The first kappa shape index (κ1) is 21.8. The van der Waals surface area contributed by atoms with Gasteiger partial charge in [-0.1, -0.05) is 0 Å². The van der Waals surface area contributed by atoms with Gasteiger partial charge in [0, 0.05) is 24.0 Å². The maximum absolute atomic E-state index is 14.2. The number of nitrogens with one attached hydrogen (secondary N) is 2. The topological polar surface area (TPSA) is 114 Å². The molecule has 10 heteroatoms. The molecule has 1 aliphatic rings. The first-order valence-corrected chi connectivity index (χ1v) is 10.7. The van der Waals surface area contributed by atoms with Gasteiger partial charge in [-0.05, 0) is 55.7 Å². The third kappa shape index (κ3) is 5.00. The number of esters is 1. The average Bonchev–Trinajstić information content (AvgIpc) is 3.51. The molecule has 2 N–H and O–H groups in total. The minimum absolute atomic E-state index is 0.0577. The van der Waals surface area contributed by atoms with Crippen LogP contribution in [-0.4, -0.2) is 38.4 Å². The van der Waals surface area contributed by atoms with Gasteiger partial charge in [0.1, 0.15) is 10.7 Å². The Morgan fingerprint density at radius 2 is 1.90 bits per heavy atom. The summed E-state index contributed by atoms with van der Waals surface area (Å²) < 4.78 is 46.2. The van der Waals surface area contributed by atoms with E-state index in [-0.39, 0.29) is 18.0 Å². The fourth-order valence-corrected chi connectivity index (χ4v) is 4.36. The molecular weight excluding hydrogens is 413 g/mol. The number of benzene rings is 1. The molecule has 160 valence electrons. The van der Waals surface area contributed by atoms with Crippen LogP contribution in [0.3, 0.4) is 0 Å². The summed E-state index contributed by atoms with van der Waals surface area (Å²) in [5, 5.41) is 2.74. The molecule has 1 fully saturated rings. The maximum atomic E-state index is 14.2. The molecule has 2 aromatic rings. The molecule has 1 saturated carbocycles. The number of hydrogen-bond donors (Lipinski definition) is 2. The second-order valence-corrected chi connectivity index (χ2v) is 9.00. The summed E-state index contributed by atoms with van der Waals surface area (Å²) in [7, 11) is -2.85. The Balaban J connectivity index is 1.91. The number of hydrogen-bond acceptors (Lipinski definition) is 6. The first-order valence-electron chi connectivity index (χ1n) is 9.26. The molecule has 0 bridgehead atoms. The SMILES string of the molecule is COC(=O)C[C@@](C)(NC(=O)c1ccc(F)c(S(=O)(=O)NC2CC2)c1)c1ccncc1. The molecule has 1 aromatic carbocycles. The lowest BCUT2D eigenvalue weighted by atomic mass is 9.89. The molecule has 3 rings (SSSR count). The number of ether oxygens (including phenoxy) is 1. The van der Waals surface area contributed by atoms with Gasteiger partial charge in [0.25, 0.3) is 5.91 Å². The third-order valence-electron chi connectivity index (χ3n) is 4.81. The van der Waals surface area contributed by atoms with E-state index in [4.69, 9.17) is 4.74 Å². The van der Waals surface area contributed by atoms with Crippen molar-refractivity contribution in [1.82, 2.24) is 15.0 Å². The van der Waals surface area contributed by atoms with Crippen LogP contribution in [0.25, 0.3) is 0 Å². The number of sulfonamides is 1. The number of halogens is 1. The number of carbonyl (C=O) groups is 2. The zero-order valence-corrected chi connectivity index (χ0v) is 17.3. The van der Waals surface area contributed by atoms with E-state index in [1.807, 2.05) is 0 Å². The molecule has 0 aliphatic heterocycles. The number of nitrogens with zero attached hydrogens (tertiary/aromatic N) is 1. The zero-order valence-electron chi connectivity index (χ0n) is 16.5. The van der Waals surface area contributed by atoms with Crippen molar-refractivity contribution >= 4 is 21.9 Å². The van der Waals surface area contributed by atoms with Crippen molar-refractivity contribution in [3.05, 3.63) is 59.7 Å². The Kier molecular flexibility index (Phi) is 6.18. The van der Waals surface area contributed by atoms with Crippen LogP contribution in [0, 0.1) is 5.82 Å². The van der Waals surface area contributed by atoms with Crippen LogP contribution >= 0.6 is 0 Å². The predicted molar refractivity (Wildman–Crippen MR) is 105 cm³/mol. The fraction of sp³-hybridized carbons (Fsp3) is 0.350. The van der Waals surface area contributed by atoms with Gasteiger partial charge in [-0.2, -0.15) is 0 Å². The van der Waals surface area contributed by atoms with Gasteiger partial charge in [0.05, 0.1) is 19.1 Å². The van der Waals surface area contributed by atoms with Crippen LogP contribution in [0.2, 0.25) is 0 Å². The van der Waals surface area contributed by atoms with Crippen LogP contribution < -0.4 is 10.0 Å². The third-order valence-corrected chi connectivity index (χ3v) is 6.35. The Hall–Kier alpha value is -2.85. The summed E-state index contributed by atoms with van der Waals surface area (Å²) >= 11 is 0. The fourth-order valence-electron chi connectivity index (χ4n) is 2.96. The quantitative estimate of drug-likeness (QED) is 0.612. The van der Waals surface area contributed by atoms with Crippen molar-refractivity contribution in [1.29, 1.82) is 0 Å². The van der Waals surface area contributed by atoms with E-state index in [1.54, 1.807) is 19.1 Å². The summed E-state index contributed by atoms with van der Waals surface area (Å²) in [5.41, 5.74) is -0.619. The molecule has 1 heterocycles. The molecule has 1 aromatic heterocycles. The van der Waals surface area contributed by atoms with Crippen molar-refractivity contribution < 1.29 is 27.1 Å². The standard InChI is InChI=1S/C20H22FN3O5S/c1-20(12-18(25)29-2,14-7-9-22-10-8-14)23-19(26)13-3-6-16(21)17(11-13)30(27,28)24-15-4-5-15/h3,6-11,15,24H,4-5,12H2,1-2H3,(H,23,26)/t20-/m1/s1. The Morgan fingerprint density at radius 1 is 1.23 bits per heavy atom. The normalized spacial score (nSPS) is 15.8. The minimum atomic E-state index is -4.09. The monoisotopic (exact) mass is 435 g/mol. The molecule has 1 aliphatic carbocycles. The van der Waals surface area contributed by atoms with E-state index in [2.05, 4.69) is 15.0 Å². The van der Waals surface area contributed by atoms with Crippen LogP contribution in [0.4, 0.5) is 4.39 Å².